The lowest BCUT2D eigenvalue weighted by Crippen LogP contribution is -2.24. The maximum atomic E-state index is 9.13. The summed E-state index contributed by atoms with van der Waals surface area (Å²) in [5, 5.41) is 12.4. The standard InChI is InChI=1S/C13H21NO2/c1-3-14-8-11(2)10-16-13-7-5-4-6-12(13)9-15/h4-7,11,14-15H,3,8-10H2,1-2H3. The summed E-state index contributed by atoms with van der Waals surface area (Å²) in [6.07, 6.45) is 0. The fraction of sp³-hybridized carbons (Fsp3) is 0.538. The van der Waals surface area contributed by atoms with Gasteiger partial charge in [-0.3, -0.25) is 0 Å². The van der Waals surface area contributed by atoms with Crippen molar-refractivity contribution in [2.45, 2.75) is 20.5 Å². The van der Waals surface area contributed by atoms with Crippen molar-refractivity contribution in [3.05, 3.63) is 29.8 Å². The van der Waals surface area contributed by atoms with Crippen molar-refractivity contribution >= 4 is 0 Å². The van der Waals surface area contributed by atoms with Crippen LogP contribution in [0.4, 0.5) is 0 Å². The second-order valence-electron chi connectivity index (χ2n) is 3.99. The lowest BCUT2D eigenvalue weighted by atomic mass is 10.2. The predicted molar refractivity (Wildman–Crippen MR) is 65.6 cm³/mol. The molecule has 1 unspecified atom stereocenters. The van der Waals surface area contributed by atoms with Crippen molar-refractivity contribution < 1.29 is 9.84 Å². The summed E-state index contributed by atoms with van der Waals surface area (Å²) in [4.78, 5) is 0. The third-order valence-corrected chi connectivity index (χ3v) is 2.41. The summed E-state index contributed by atoms with van der Waals surface area (Å²) in [6.45, 7) is 6.87. The molecule has 0 amide bonds. The van der Waals surface area contributed by atoms with Gasteiger partial charge in [-0.2, -0.15) is 0 Å². The molecule has 1 rings (SSSR count). The Morgan fingerprint density at radius 3 is 2.81 bits per heavy atom. The molecule has 0 aliphatic rings. The maximum absolute atomic E-state index is 9.13. The van der Waals surface area contributed by atoms with Gasteiger partial charge in [-0.15, -0.1) is 0 Å². The Kier molecular flexibility index (Phi) is 5.90. The molecule has 3 heteroatoms. The summed E-state index contributed by atoms with van der Waals surface area (Å²) in [5.41, 5.74) is 0.846. The second kappa shape index (κ2) is 7.25. The van der Waals surface area contributed by atoms with E-state index in [2.05, 4.69) is 19.2 Å². The molecule has 0 bridgehead atoms. The zero-order valence-electron chi connectivity index (χ0n) is 10.1. The van der Waals surface area contributed by atoms with Gasteiger partial charge in [0.1, 0.15) is 5.75 Å². The minimum atomic E-state index is 0.0256. The highest BCUT2D eigenvalue weighted by molar-refractivity contribution is 5.32. The van der Waals surface area contributed by atoms with Gasteiger partial charge in [0, 0.05) is 18.0 Å². The maximum Gasteiger partial charge on any atom is 0.124 e. The monoisotopic (exact) mass is 223 g/mol. The SMILES string of the molecule is CCNCC(C)COc1ccccc1CO. The molecule has 90 valence electrons. The van der Waals surface area contributed by atoms with E-state index in [1.54, 1.807) is 0 Å². The van der Waals surface area contributed by atoms with Gasteiger partial charge in [-0.25, -0.2) is 0 Å². The molecule has 3 nitrogen and oxygen atoms in total. The average Bonchev–Trinajstić information content (AvgIpc) is 2.34. The molecule has 0 aromatic heterocycles. The van der Waals surface area contributed by atoms with E-state index in [-0.39, 0.29) is 6.61 Å². The fourth-order valence-electron chi connectivity index (χ4n) is 1.46. The molecule has 2 N–H and O–H groups in total. The van der Waals surface area contributed by atoms with E-state index < -0.39 is 0 Å². The van der Waals surface area contributed by atoms with Crippen LogP contribution in [0.25, 0.3) is 0 Å². The van der Waals surface area contributed by atoms with Crippen LogP contribution >= 0.6 is 0 Å². The van der Waals surface area contributed by atoms with Gasteiger partial charge in [0.2, 0.25) is 0 Å². The van der Waals surface area contributed by atoms with Crippen LogP contribution in [-0.2, 0) is 6.61 Å². The molecular weight excluding hydrogens is 202 g/mol. The molecule has 0 aliphatic heterocycles. The lowest BCUT2D eigenvalue weighted by molar-refractivity contribution is 0.237. The number of hydrogen-bond acceptors (Lipinski definition) is 3. The summed E-state index contributed by atoms with van der Waals surface area (Å²) in [6, 6.07) is 7.60. The number of benzene rings is 1. The first kappa shape index (κ1) is 13.0. The van der Waals surface area contributed by atoms with Gasteiger partial charge in [0.05, 0.1) is 13.2 Å². The van der Waals surface area contributed by atoms with Gasteiger partial charge in [-0.1, -0.05) is 32.0 Å². The molecular formula is C13H21NO2. The van der Waals surface area contributed by atoms with Crippen LogP contribution in [0.3, 0.4) is 0 Å². The van der Waals surface area contributed by atoms with Crippen LogP contribution in [-0.4, -0.2) is 24.8 Å². The van der Waals surface area contributed by atoms with Crippen molar-refractivity contribution in [2.24, 2.45) is 5.92 Å². The fourth-order valence-corrected chi connectivity index (χ4v) is 1.46. The van der Waals surface area contributed by atoms with Gasteiger partial charge < -0.3 is 15.2 Å². The van der Waals surface area contributed by atoms with E-state index in [1.807, 2.05) is 24.3 Å². The third-order valence-electron chi connectivity index (χ3n) is 2.41. The number of rotatable bonds is 7. The van der Waals surface area contributed by atoms with Gasteiger partial charge in [0.25, 0.3) is 0 Å². The zero-order chi connectivity index (χ0) is 11.8. The normalized spacial score (nSPS) is 12.4. The van der Waals surface area contributed by atoms with E-state index in [4.69, 9.17) is 9.84 Å². The van der Waals surface area contributed by atoms with E-state index in [1.165, 1.54) is 0 Å². The lowest BCUT2D eigenvalue weighted by Gasteiger charge is -2.15. The first-order valence-corrected chi connectivity index (χ1v) is 5.80. The van der Waals surface area contributed by atoms with Crippen molar-refractivity contribution in [1.29, 1.82) is 0 Å². The Morgan fingerprint density at radius 1 is 1.38 bits per heavy atom. The minimum absolute atomic E-state index is 0.0256. The quantitative estimate of drug-likeness (QED) is 0.740. The molecule has 0 saturated carbocycles. The number of para-hydroxylation sites is 1. The van der Waals surface area contributed by atoms with E-state index in [0.717, 1.165) is 24.4 Å². The van der Waals surface area contributed by atoms with Crippen LogP contribution in [0.1, 0.15) is 19.4 Å². The number of aliphatic hydroxyl groups excluding tert-OH is 1. The van der Waals surface area contributed by atoms with Crippen LogP contribution in [0, 0.1) is 5.92 Å². The Bertz CT molecular complexity index is 302. The first-order chi connectivity index (χ1) is 7.77. The predicted octanol–water partition coefficient (Wildman–Crippen LogP) is 1.80. The van der Waals surface area contributed by atoms with E-state index in [9.17, 15) is 0 Å². The summed E-state index contributed by atoms with van der Waals surface area (Å²) >= 11 is 0. The Hall–Kier alpha value is -1.06. The van der Waals surface area contributed by atoms with Gasteiger partial charge in [-0.05, 0) is 12.6 Å². The molecule has 0 radical (unpaired) electrons. The smallest absolute Gasteiger partial charge is 0.124 e. The molecule has 1 atom stereocenters. The summed E-state index contributed by atoms with van der Waals surface area (Å²) in [5.74, 6) is 1.25. The topological polar surface area (TPSA) is 41.5 Å². The molecule has 0 spiro atoms. The molecule has 1 aromatic carbocycles. The molecule has 0 heterocycles. The number of hydrogen-bond donors (Lipinski definition) is 2. The Labute approximate surface area is 97.4 Å². The zero-order valence-corrected chi connectivity index (χ0v) is 10.1. The highest BCUT2D eigenvalue weighted by Gasteiger charge is 2.05. The Morgan fingerprint density at radius 2 is 2.12 bits per heavy atom. The van der Waals surface area contributed by atoms with Crippen LogP contribution < -0.4 is 10.1 Å². The van der Waals surface area contributed by atoms with Crippen molar-refractivity contribution in [2.75, 3.05) is 19.7 Å². The molecule has 16 heavy (non-hydrogen) atoms. The molecule has 0 fully saturated rings. The third kappa shape index (κ3) is 4.21. The van der Waals surface area contributed by atoms with Gasteiger partial charge in [0.15, 0.2) is 0 Å². The highest BCUT2D eigenvalue weighted by atomic mass is 16.5. The van der Waals surface area contributed by atoms with E-state index >= 15 is 0 Å². The number of nitrogens with one attached hydrogen (secondary N) is 1. The van der Waals surface area contributed by atoms with Crippen molar-refractivity contribution in [3.63, 3.8) is 0 Å². The van der Waals surface area contributed by atoms with Gasteiger partial charge >= 0.3 is 0 Å². The minimum Gasteiger partial charge on any atom is -0.493 e. The van der Waals surface area contributed by atoms with Crippen molar-refractivity contribution in [1.82, 2.24) is 5.32 Å². The largest absolute Gasteiger partial charge is 0.493 e. The van der Waals surface area contributed by atoms with Crippen LogP contribution in [0.5, 0.6) is 5.75 Å². The summed E-state index contributed by atoms with van der Waals surface area (Å²) in [7, 11) is 0. The average molecular weight is 223 g/mol. The van der Waals surface area contributed by atoms with Crippen LogP contribution in [0.2, 0.25) is 0 Å². The molecule has 0 aliphatic carbocycles. The first-order valence-electron chi connectivity index (χ1n) is 5.80. The second-order valence-corrected chi connectivity index (χ2v) is 3.99. The molecule has 1 aromatic rings. The summed E-state index contributed by atoms with van der Waals surface area (Å²) < 4.78 is 5.69. The Balaban J connectivity index is 2.41. The molecule has 0 saturated heterocycles. The van der Waals surface area contributed by atoms with Crippen molar-refractivity contribution in [3.8, 4) is 5.75 Å². The number of ether oxygens (including phenoxy) is 1. The van der Waals surface area contributed by atoms with E-state index in [0.29, 0.717) is 12.5 Å². The highest BCUT2D eigenvalue weighted by Crippen LogP contribution is 2.18. The number of aliphatic hydroxyl groups is 1. The van der Waals surface area contributed by atoms with Crippen LogP contribution in [0.15, 0.2) is 24.3 Å².